The minimum Gasteiger partial charge on any atom is -0.444 e. The van der Waals surface area contributed by atoms with Crippen LogP contribution >= 0.6 is 11.6 Å². The molecule has 1 aliphatic rings. The Morgan fingerprint density at radius 1 is 1.13 bits per heavy atom. The molecular formula is C21H28ClN5O3. The fourth-order valence-electron chi connectivity index (χ4n) is 3.53. The van der Waals surface area contributed by atoms with Crippen LogP contribution < -0.4 is 16.0 Å². The Labute approximate surface area is 181 Å². The van der Waals surface area contributed by atoms with E-state index in [0.717, 1.165) is 25.7 Å². The molecule has 0 aliphatic heterocycles. The fraction of sp³-hybridized carbons (Fsp3) is 0.524. The largest absolute Gasteiger partial charge is 0.444 e. The normalized spacial score (nSPS) is 19.2. The van der Waals surface area contributed by atoms with Crippen LogP contribution in [0.3, 0.4) is 0 Å². The molecule has 9 heteroatoms. The summed E-state index contributed by atoms with van der Waals surface area (Å²) in [5.41, 5.74) is 2.07. The molecule has 0 radical (unpaired) electrons. The van der Waals surface area contributed by atoms with Crippen LogP contribution in [0.15, 0.2) is 18.3 Å². The third-order valence-electron chi connectivity index (χ3n) is 4.79. The third-order valence-corrected chi connectivity index (χ3v) is 5.00. The van der Waals surface area contributed by atoms with Crippen LogP contribution in [-0.4, -0.2) is 39.7 Å². The van der Waals surface area contributed by atoms with E-state index in [-0.39, 0.29) is 24.1 Å². The van der Waals surface area contributed by atoms with Crippen molar-refractivity contribution in [1.82, 2.24) is 15.3 Å². The van der Waals surface area contributed by atoms with Gasteiger partial charge in [0.25, 0.3) is 0 Å². The second-order valence-corrected chi connectivity index (χ2v) is 8.96. The van der Waals surface area contributed by atoms with Gasteiger partial charge in [-0.25, -0.2) is 9.78 Å². The number of amides is 2. The van der Waals surface area contributed by atoms with Crippen molar-refractivity contribution in [3.63, 3.8) is 0 Å². The highest BCUT2D eigenvalue weighted by atomic mass is 35.5. The minimum absolute atomic E-state index is 0.0782. The number of rotatable bonds is 4. The molecule has 3 rings (SSSR count). The van der Waals surface area contributed by atoms with Gasteiger partial charge in [-0.2, -0.15) is 0 Å². The standard InChI is InChI=1S/C21H28ClN5O3/c1-12(28)24-16-11-23-15-9-10-17(22)27-18(15)19(16)25-13-5-7-14(8-6-13)26-20(29)30-21(2,3)4/h9-11,13-14H,5-8H2,1-4H3,(H,23,25)(H,24,28)(H,26,29). The molecule has 0 aromatic carbocycles. The molecule has 1 aliphatic carbocycles. The number of hydrogen-bond donors (Lipinski definition) is 3. The zero-order valence-electron chi connectivity index (χ0n) is 17.7. The van der Waals surface area contributed by atoms with Crippen molar-refractivity contribution < 1.29 is 14.3 Å². The SMILES string of the molecule is CC(=O)Nc1cnc2ccc(Cl)nc2c1NC1CCC(NC(=O)OC(C)(C)C)CC1. The van der Waals surface area contributed by atoms with Gasteiger partial charge in [0.2, 0.25) is 5.91 Å². The molecule has 2 amide bonds. The highest BCUT2D eigenvalue weighted by molar-refractivity contribution is 6.29. The lowest BCUT2D eigenvalue weighted by molar-refractivity contribution is -0.114. The predicted octanol–water partition coefficient (Wildman–Crippen LogP) is 4.49. The number of fused-ring (bicyclic) bond motifs is 1. The van der Waals surface area contributed by atoms with Gasteiger partial charge in [-0.05, 0) is 58.6 Å². The number of carbonyl (C=O) groups is 2. The second kappa shape index (κ2) is 9.04. The maximum atomic E-state index is 12.0. The van der Waals surface area contributed by atoms with Crippen molar-refractivity contribution in [2.45, 2.75) is 71.1 Å². The highest BCUT2D eigenvalue weighted by Crippen LogP contribution is 2.32. The van der Waals surface area contributed by atoms with Crippen molar-refractivity contribution in [1.29, 1.82) is 0 Å². The van der Waals surface area contributed by atoms with E-state index >= 15 is 0 Å². The first-order chi connectivity index (χ1) is 14.1. The van der Waals surface area contributed by atoms with Crippen LogP contribution in [-0.2, 0) is 9.53 Å². The summed E-state index contributed by atoms with van der Waals surface area (Å²) in [7, 11) is 0. The molecule has 2 heterocycles. The van der Waals surface area contributed by atoms with E-state index in [1.165, 1.54) is 6.92 Å². The van der Waals surface area contributed by atoms with Crippen molar-refractivity contribution in [2.24, 2.45) is 0 Å². The summed E-state index contributed by atoms with van der Waals surface area (Å²) in [6, 6.07) is 3.73. The van der Waals surface area contributed by atoms with E-state index in [0.29, 0.717) is 27.6 Å². The van der Waals surface area contributed by atoms with Gasteiger partial charge in [0.05, 0.1) is 23.1 Å². The zero-order chi connectivity index (χ0) is 21.9. The molecule has 8 nitrogen and oxygen atoms in total. The van der Waals surface area contributed by atoms with E-state index in [1.807, 2.05) is 20.8 Å². The van der Waals surface area contributed by atoms with Gasteiger partial charge in [0.1, 0.15) is 16.3 Å². The number of nitrogens with zero attached hydrogens (tertiary/aromatic N) is 2. The van der Waals surface area contributed by atoms with Gasteiger partial charge in [-0.15, -0.1) is 0 Å². The number of ether oxygens (including phenoxy) is 1. The van der Waals surface area contributed by atoms with Crippen molar-refractivity contribution in [3.05, 3.63) is 23.5 Å². The zero-order valence-corrected chi connectivity index (χ0v) is 18.5. The van der Waals surface area contributed by atoms with Crippen LogP contribution in [0.25, 0.3) is 11.0 Å². The lowest BCUT2D eigenvalue weighted by Gasteiger charge is -2.31. The summed E-state index contributed by atoms with van der Waals surface area (Å²) in [6.45, 7) is 6.99. The average molecular weight is 434 g/mol. The molecule has 0 atom stereocenters. The Morgan fingerprint density at radius 3 is 2.43 bits per heavy atom. The molecule has 0 saturated heterocycles. The lowest BCUT2D eigenvalue weighted by Crippen LogP contribution is -2.42. The molecule has 162 valence electrons. The van der Waals surface area contributed by atoms with Gasteiger partial charge in [0, 0.05) is 19.0 Å². The molecule has 0 unspecified atom stereocenters. The molecule has 2 aromatic heterocycles. The molecule has 0 bridgehead atoms. The average Bonchev–Trinajstić information content (AvgIpc) is 2.63. The first-order valence-electron chi connectivity index (χ1n) is 10.1. The van der Waals surface area contributed by atoms with E-state index in [2.05, 4.69) is 25.9 Å². The van der Waals surface area contributed by atoms with Crippen molar-refractivity contribution in [3.8, 4) is 0 Å². The molecule has 2 aromatic rings. The summed E-state index contributed by atoms with van der Waals surface area (Å²) in [5, 5.41) is 9.64. The number of pyridine rings is 2. The molecule has 30 heavy (non-hydrogen) atoms. The number of alkyl carbamates (subject to hydrolysis) is 1. The van der Waals surface area contributed by atoms with Gasteiger partial charge >= 0.3 is 6.09 Å². The quantitative estimate of drug-likeness (QED) is 0.613. The maximum Gasteiger partial charge on any atom is 0.407 e. The first kappa shape index (κ1) is 22.1. The first-order valence-corrected chi connectivity index (χ1v) is 10.5. The lowest BCUT2D eigenvalue weighted by atomic mass is 9.91. The van der Waals surface area contributed by atoms with Gasteiger partial charge in [-0.1, -0.05) is 11.6 Å². The summed E-state index contributed by atoms with van der Waals surface area (Å²) >= 11 is 6.10. The molecule has 1 fully saturated rings. The van der Waals surface area contributed by atoms with E-state index in [1.54, 1.807) is 18.3 Å². The summed E-state index contributed by atoms with van der Waals surface area (Å²) in [6.07, 6.45) is 4.59. The third kappa shape index (κ3) is 5.95. The van der Waals surface area contributed by atoms with Gasteiger partial charge in [0.15, 0.2) is 0 Å². The molecule has 0 spiro atoms. The second-order valence-electron chi connectivity index (χ2n) is 8.57. The number of anilines is 2. The predicted molar refractivity (Wildman–Crippen MR) is 118 cm³/mol. The van der Waals surface area contributed by atoms with Crippen molar-refractivity contribution >= 4 is 46.0 Å². The Hall–Kier alpha value is -2.61. The Kier molecular flexibility index (Phi) is 6.65. The summed E-state index contributed by atoms with van der Waals surface area (Å²) in [5.74, 6) is -0.188. The highest BCUT2D eigenvalue weighted by Gasteiger charge is 2.26. The van der Waals surface area contributed by atoms with Crippen LogP contribution in [0.4, 0.5) is 16.2 Å². The maximum absolute atomic E-state index is 12.0. The van der Waals surface area contributed by atoms with Crippen molar-refractivity contribution in [2.75, 3.05) is 10.6 Å². The fourth-order valence-corrected chi connectivity index (χ4v) is 3.68. The minimum atomic E-state index is -0.514. The number of nitrogens with one attached hydrogen (secondary N) is 3. The summed E-state index contributed by atoms with van der Waals surface area (Å²) < 4.78 is 5.34. The Morgan fingerprint density at radius 2 is 1.80 bits per heavy atom. The summed E-state index contributed by atoms with van der Waals surface area (Å²) in [4.78, 5) is 32.4. The number of carbonyl (C=O) groups excluding carboxylic acids is 2. The van der Waals surface area contributed by atoms with Crippen LogP contribution in [0.5, 0.6) is 0 Å². The van der Waals surface area contributed by atoms with Crippen LogP contribution in [0.2, 0.25) is 5.15 Å². The van der Waals surface area contributed by atoms with Crippen LogP contribution in [0, 0.1) is 0 Å². The number of hydrogen-bond acceptors (Lipinski definition) is 6. The molecule has 3 N–H and O–H groups in total. The Bertz CT molecular complexity index is 936. The van der Waals surface area contributed by atoms with E-state index in [9.17, 15) is 9.59 Å². The molecule has 1 saturated carbocycles. The smallest absolute Gasteiger partial charge is 0.407 e. The number of aromatic nitrogens is 2. The van der Waals surface area contributed by atoms with Gasteiger partial charge < -0.3 is 20.7 Å². The molecular weight excluding hydrogens is 406 g/mol. The van der Waals surface area contributed by atoms with E-state index in [4.69, 9.17) is 16.3 Å². The van der Waals surface area contributed by atoms with Gasteiger partial charge in [-0.3, -0.25) is 9.78 Å². The van der Waals surface area contributed by atoms with Crippen LogP contribution in [0.1, 0.15) is 53.4 Å². The Balaban J connectivity index is 1.70. The number of halogens is 1. The van der Waals surface area contributed by atoms with E-state index < -0.39 is 5.60 Å². The monoisotopic (exact) mass is 433 g/mol. The topological polar surface area (TPSA) is 105 Å².